The molecule has 0 aliphatic carbocycles. The maximum atomic E-state index is 5.25. The Hall–Kier alpha value is -5.57. The first-order chi connectivity index (χ1) is 22.6. The van der Waals surface area contributed by atoms with Gasteiger partial charge in [0, 0.05) is 21.4 Å². The molecule has 2 heteroatoms. The van der Waals surface area contributed by atoms with E-state index in [1.54, 1.807) is 11.3 Å². The predicted octanol–water partition coefficient (Wildman–Crippen LogP) is 12.7. The fourth-order valence-corrected chi connectivity index (χ4v) is 7.64. The number of nitrogens with zero attached hydrogens (tertiary/aromatic N) is 1. The summed E-state index contributed by atoms with van der Waals surface area (Å²) < 4.78 is 1.22. The highest BCUT2D eigenvalue weighted by atomic mass is 32.1. The van der Waals surface area contributed by atoms with Crippen molar-refractivity contribution in [2.75, 3.05) is 0 Å². The van der Waals surface area contributed by atoms with Gasteiger partial charge in [-0.25, -0.2) is 4.99 Å². The molecule has 0 aliphatic heterocycles. The first-order valence-corrected chi connectivity index (χ1v) is 16.4. The molecule has 0 saturated heterocycles. The van der Waals surface area contributed by atoms with Crippen LogP contribution < -0.4 is 0 Å². The molecule has 46 heavy (non-hydrogen) atoms. The lowest BCUT2D eigenvalue weighted by molar-refractivity contribution is 1.51. The molecular weight excluding hydrogens is 575 g/mol. The Balaban J connectivity index is 1.19. The molecule has 0 amide bonds. The van der Waals surface area contributed by atoms with Crippen LogP contribution >= 0.6 is 11.3 Å². The maximum absolute atomic E-state index is 5.25. The van der Waals surface area contributed by atoms with Gasteiger partial charge in [0.2, 0.25) is 0 Å². The van der Waals surface area contributed by atoms with Gasteiger partial charge in [-0.2, -0.15) is 0 Å². The van der Waals surface area contributed by atoms with Crippen LogP contribution in [0.3, 0.4) is 0 Å². The number of hydrogen-bond acceptors (Lipinski definition) is 2. The number of benzene rings is 7. The topological polar surface area (TPSA) is 12.4 Å². The summed E-state index contributed by atoms with van der Waals surface area (Å²) in [4.78, 5) is 5.25. The molecule has 0 saturated carbocycles. The summed E-state index contributed by atoms with van der Waals surface area (Å²) in [5.41, 5.74) is 10.1. The molecule has 1 nitrogen and oxygen atoms in total. The summed E-state index contributed by atoms with van der Waals surface area (Å²) in [5, 5.41) is 7.28. The molecule has 1 aromatic heterocycles. The van der Waals surface area contributed by atoms with Gasteiger partial charge in [0.05, 0.1) is 0 Å². The predicted molar refractivity (Wildman–Crippen MR) is 201 cm³/mol. The molecule has 0 spiro atoms. The van der Waals surface area contributed by atoms with Crippen LogP contribution in [-0.2, 0) is 0 Å². The van der Waals surface area contributed by atoms with Gasteiger partial charge in [0.25, 0.3) is 0 Å². The quantitative estimate of drug-likeness (QED) is 0.132. The van der Waals surface area contributed by atoms with Gasteiger partial charge in [0.15, 0.2) is 0 Å². The van der Waals surface area contributed by atoms with Crippen molar-refractivity contribution in [1.29, 1.82) is 0 Å². The maximum Gasteiger partial charge on any atom is 0.125 e. The van der Waals surface area contributed by atoms with Crippen molar-refractivity contribution < 1.29 is 0 Å². The van der Waals surface area contributed by atoms with E-state index >= 15 is 0 Å². The van der Waals surface area contributed by atoms with Crippen LogP contribution in [0.5, 0.6) is 0 Å². The van der Waals surface area contributed by atoms with E-state index in [0.29, 0.717) is 0 Å². The normalized spacial score (nSPS) is 11.8. The summed E-state index contributed by atoms with van der Waals surface area (Å²) in [6, 6.07) is 56.3. The van der Waals surface area contributed by atoms with Crippen LogP contribution in [0.15, 0.2) is 169 Å². The minimum atomic E-state index is 0.979. The highest BCUT2D eigenvalue weighted by Crippen LogP contribution is 2.44. The van der Waals surface area contributed by atoms with E-state index in [1.165, 1.54) is 53.9 Å². The molecule has 0 fully saturated rings. The Morgan fingerprint density at radius 3 is 1.96 bits per heavy atom. The first kappa shape index (κ1) is 27.9. The van der Waals surface area contributed by atoms with E-state index in [1.807, 2.05) is 6.07 Å². The van der Waals surface area contributed by atoms with Crippen molar-refractivity contribution in [2.45, 2.75) is 6.92 Å². The highest BCUT2D eigenvalue weighted by Gasteiger charge is 2.16. The average Bonchev–Trinajstić information content (AvgIpc) is 3.49. The molecule has 0 atom stereocenters. The van der Waals surface area contributed by atoms with Crippen molar-refractivity contribution in [3.05, 3.63) is 181 Å². The van der Waals surface area contributed by atoms with Crippen molar-refractivity contribution in [2.24, 2.45) is 4.99 Å². The molecule has 8 aromatic rings. The van der Waals surface area contributed by atoms with E-state index in [-0.39, 0.29) is 0 Å². The van der Waals surface area contributed by atoms with E-state index < -0.39 is 0 Å². The van der Waals surface area contributed by atoms with Gasteiger partial charge in [-0.1, -0.05) is 140 Å². The molecule has 0 aliphatic rings. The number of hydrogen-bond donors (Lipinski definition) is 0. The number of thiophene rings is 1. The fraction of sp³-hybridized carbons (Fsp3) is 0.0227. The summed E-state index contributed by atoms with van der Waals surface area (Å²) in [7, 11) is 0. The van der Waals surface area contributed by atoms with Crippen LogP contribution in [0, 0.1) is 0 Å². The molecular formula is C44H31NS. The van der Waals surface area contributed by atoms with Crippen molar-refractivity contribution in [3.8, 4) is 22.3 Å². The Labute approximate surface area is 273 Å². The molecule has 218 valence electrons. The molecule has 8 rings (SSSR count). The van der Waals surface area contributed by atoms with Gasteiger partial charge < -0.3 is 0 Å². The smallest absolute Gasteiger partial charge is 0.125 e. The zero-order chi connectivity index (χ0) is 31.0. The van der Waals surface area contributed by atoms with Crippen molar-refractivity contribution >= 4 is 59.3 Å². The Morgan fingerprint density at radius 1 is 0.522 bits per heavy atom. The van der Waals surface area contributed by atoms with Crippen molar-refractivity contribution in [3.63, 3.8) is 0 Å². The Bertz CT molecular complexity index is 2450. The van der Waals surface area contributed by atoms with Crippen LogP contribution in [0.2, 0.25) is 0 Å². The molecule has 0 unspecified atom stereocenters. The molecule has 0 radical (unpaired) electrons. The van der Waals surface area contributed by atoms with E-state index in [4.69, 9.17) is 4.99 Å². The average molecular weight is 606 g/mol. The molecule has 1 heterocycles. The van der Waals surface area contributed by atoms with Crippen LogP contribution in [0.4, 0.5) is 5.00 Å². The van der Waals surface area contributed by atoms with Crippen LogP contribution in [-0.4, -0.2) is 5.71 Å². The van der Waals surface area contributed by atoms with Gasteiger partial charge in [-0.05, 0) is 91.7 Å². The molecule has 7 aromatic carbocycles. The third-order valence-electron chi connectivity index (χ3n) is 8.83. The van der Waals surface area contributed by atoms with Gasteiger partial charge in [-0.15, -0.1) is 11.3 Å². The second-order valence-corrected chi connectivity index (χ2v) is 12.7. The van der Waals surface area contributed by atoms with E-state index in [9.17, 15) is 0 Å². The SMILES string of the molecule is C=C(c1ccccc1)c1c(/N=C(\C)c2cccc(-c3cccc(-c4cc5ccccc5c5ccccc45)c3)c2)sc2ccccc12. The van der Waals surface area contributed by atoms with Gasteiger partial charge in [0.1, 0.15) is 5.00 Å². The van der Waals surface area contributed by atoms with Gasteiger partial charge >= 0.3 is 0 Å². The third-order valence-corrected chi connectivity index (χ3v) is 9.89. The first-order valence-electron chi connectivity index (χ1n) is 15.6. The number of fused-ring (bicyclic) bond motifs is 4. The van der Waals surface area contributed by atoms with Gasteiger partial charge in [-0.3, -0.25) is 0 Å². The summed E-state index contributed by atoms with van der Waals surface area (Å²) in [5.74, 6) is 0. The monoisotopic (exact) mass is 605 g/mol. The lowest BCUT2D eigenvalue weighted by Gasteiger charge is -2.13. The number of rotatable bonds is 6. The second kappa shape index (κ2) is 11.7. The highest BCUT2D eigenvalue weighted by molar-refractivity contribution is 7.23. The second-order valence-electron chi connectivity index (χ2n) is 11.7. The Kier molecular flexibility index (Phi) is 7.13. The zero-order valence-electron chi connectivity index (χ0n) is 25.6. The van der Waals surface area contributed by atoms with E-state index in [0.717, 1.165) is 33.0 Å². The minimum Gasteiger partial charge on any atom is -0.242 e. The zero-order valence-corrected chi connectivity index (χ0v) is 26.4. The van der Waals surface area contributed by atoms with Crippen LogP contribution in [0.25, 0.3) is 59.5 Å². The minimum absolute atomic E-state index is 0.979. The standard InChI is InChI=1S/C44H31NS/c1-29(31-14-4-3-5-15-31)43-40-24-10-11-25-42(40)46-44(43)45-30(2)32-17-12-18-33(26-32)34-19-13-20-35(27-34)41-28-36-16-6-7-21-37(36)38-22-8-9-23-39(38)41/h3-28H,1H2,2H3/b45-30+. The van der Waals surface area contributed by atoms with Crippen LogP contribution in [0.1, 0.15) is 23.6 Å². The largest absolute Gasteiger partial charge is 0.242 e. The summed E-state index contributed by atoms with van der Waals surface area (Å²) in [6.07, 6.45) is 0. The Morgan fingerprint density at radius 2 is 1.13 bits per heavy atom. The lowest BCUT2D eigenvalue weighted by atomic mass is 9.91. The summed E-state index contributed by atoms with van der Waals surface area (Å²) >= 11 is 1.72. The lowest BCUT2D eigenvalue weighted by Crippen LogP contribution is -1.95. The molecule has 0 bridgehead atoms. The number of aliphatic imine (C=N–C) groups is 1. The fourth-order valence-electron chi connectivity index (χ4n) is 6.49. The van der Waals surface area contributed by atoms with E-state index in [2.05, 4.69) is 165 Å². The summed E-state index contributed by atoms with van der Waals surface area (Å²) in [6.45, 7) is 6.63. The van der Waals surface area contributed by atoms with Crippen molar-refractivity contribution in [1.82, 2.24) is 0 Å². The third kappa shape index (κ3) is 5.03. The molecule has 0 N–H and O–H groups in total.